The van der Waals surface area contributed by atoms with Crippen LogP contribution < -0.4 is 4.90 Å². The Labute approximate surface area is 178 Å². The third-order valence-corrected chi connectivity index (χ3v) is 5.89. The van der Waals surface area contributed by atoms with Crippen LogP contribution in [0, 0.1) is 12.8 Å². The number of nitrogens with zero attached hydrogens (tertiary/aromatic N) is 3. The van der Waals surface area contributed by atoms with Gasteiger partial charge in [-0.3, -0.25) is 4.79 Å². The molecule has 1 unspecified atom stereocenters. The number of aryl methyl sites for hydroxylation is 1. The molecule has 0 amide bonds. The first-order valence-corrected chi connectivity index (χ1v) is 10.8. The number of anilines is 1. The van der Waals surface area contributed by atoms with E-state index in [0.717, 1.165) is 60.5 Å². The molecule has 0 bridgehead atoms. The van der Waals surface area contributed by atoms with Gasteiger partial charge in [0.15, 0.2) is 0 Å². The fraction of sp³-hybridized carbons (Fsp3) is 0.400. The van der Waals surface area contributed by atoms with Crippen molar-refractivity contribution in [2.45, 2.75) is 46.1 Å². The number of ether oxygens (including phenoxy) is 1. The third kappa shape index (κ3) is 4.30. The summed E-state index contributed by atoms with van der Waals surface area (Å²) in [5.74, 6) is 0.634. The fourth-order valence-electron chi connectivity index (χ4n) is 3.88. The number of carbonyl (C=O) groups is 1. The average Bonchev–Trinajstić information content (AvgIpc) is 2.79. The van der Waals surface area contributed by atoms with Crippen LogP contribution in [0.15, 0.2) is 48.5 Å². The number of fused-ring (bicyclic) bond motifs is 1. The smallest absolute Gasteiger partial charge is 0.309 e. The quantitative estimate of drug-likeness (QED) is 0.551. The second-order valence-corrected chi connectivity index (χ2v) is 8.18. The highest BCUT2D eigenvalue weighted by molar-refractivity contribution is 5.93. The summed E-state index contributed by atoms with van der Waals surface area (Å²) in [6, 6.07) is 16.6. The van der Waals surface area contributed by atoms with E-state index in [4.69, 9.17) is 14.7 Å². The molecular weight excluding hydrogens is 374 g/mol. The van der Waals surface area contributed by atoms with Crippen molar-refractivity contribution in [2.75, 3.05) is 18.0 Å². The number of carbonyl (C=O) groups excluding carboxylic acids is 1. The number of rotatable bonds is 5. The van der Waals surface area contributed by atoms with E-state index in [9.17, 15) is 4.79 Å². The number of aromatic nitrogens is 2. The average molecular weight is 404 g/mol. The Balaban J connectivity index is 1.60. The normalized spacial score (nSPS) is 15.9. The lowest BCUT2D eigenvalue weighted by Crippen LogP contribution is -2.38. The van der Waals surface area contributed by atoms with Crippen molar-refractivity contribution in [3.8, 4) is 11.3 Å². The van der Waals surface area contributed by atoms with Crippen LogP contribution in [-0.2, 0) is 9.53 Å². The zero-order chi connectivity index (χ0) is 21.1. The van der Waals surface area contributed by atoms with Gasteiger partial charge in [-0.2, -0.15) is 0 Å². The van der Waals surface area contributed by atoms with Crippen LogP contribution in [0.4, 0.5) is 5.95 Å². The molecule has 4 rings (SSSR count). The standard InChI is InChI=1S/C25H29N3O2/c1-4-18(3)30-24(29)20-12-14-28(15-13-20)25-26-22-11-10-17(2)16-21(22)23(27-25)19-8-6-5-7-9-19/h5-11,16,18,20H,4,12-15H2,1-3H3. The van der Waals surface area contributed by atoms with Crippen molar-refractivity contribution in [1.29, 1.82) is 0 Å². The van der Waals surface area contributed by atoms with E-state index in [1.807, 2.05) is 32.0 Å². The van der Waals surface area contributed by atoms with Crippen LogP contribution in [0.25, 0.3) is 22.2 Å². The lowest BCUT2D eigenvalue weighted by molar-refractivity contribution is -0.154. The van der Waals surface area contributed by atoms with Gasteiger partial charge < -0.3 is 9.64 Å². The molecule has 30 heavy (non-hydrogen) atoms. The maximum atomic E-state index is 12.4. The molecule has 5 nitrogen and oxygen atoms in total. The van der Waals surface area contributed by atoms with Crippen LogP contribution in [-0.4, -0.2) is 35.1 Å². The maximum Gasteiger partial charge on any atom is 0.309 e. The van der Waals surface area contributed by atoms with E-state index >= 15 is 0 Å². The second-order valence-electron chi connectivity index (χ2n) is 8.18. The summed E-state index contributed by atoms with van der Waals surface area (Å²) in [5.41, 5.74) is 4.18. The Kier molecular flexibility index (Phi) is 5.98. The first kappa shape index (κ1) is 20.3. The van der Waals surface area contributed by atoms with Crippen LogP contribution in [0.1, 0.15) is 38.7 Å². The molecule has 156 valence electrons. The minimum atomic E-state index is -0.0659. The zero-order valence-electron chi connectivity index (χ0n) is 18.0. The molecule has 2 aromatic carbocycles. The van der Waals surface area contributed by atoms with Gasteiger partial charge in [0.2, 0.25) is 5.95 Å². The summed E-state index contributed by atoms with van der Waals surface area (Å²) in [6.07, 6.45) is 2.37. The highest BCUT2D eigenvalue weighted by Crippen LogP contribution is 2.30. The van der Waals surface area contributed by atoms with Gasteiger partial charge >= 0.3 is 5.97 Å². The van der Waals surface area contributed by atoms with Gasteiger partial charge in [-0.1, -0.05) is 48.9 Å². The number of esters is 1. The van der Waals surface area contributed by atoms with Gasteiger partial charge in [0.1, 0.15) is 0 Å². The third-order valence-electron chi connectivity index (χ3n) is 5.89. The molecule has 1 aliphatic rings. The largest absolute Gasteiger partial charge is 0.462 e. The minimum Gasteiger partial charge on any atom is -0.462 e. The Hall–Kier alpha value is -2.95. The lowest BCUT2D eigenvalue weighted by Gasteiger charge is -2.31. The Bertz CT molecular complexity index is 1030. The second kappa shape index (κ2) is 8.82. The first-order valence-electron chi connectivity index (χ1n) is 10.8. The van der Waals surface area contributed by atoms with Gasteiger partial charge in [-0.25, -0.2) is 9.97 Å². The number of benzene rings is 2. The fourth-order valence-corrected chi connectivity index (χ4v) is 3.88. The lowest BCUT2D eigenvalue weighted by atomic mass is 9.97. The molecular formula is C25H29N3O2. The highest BCUT2D eigenvalue weighted by Gasteiger charge is 2.28. The van der Waals surface area contributed by atoms with Gasteiger partial charge in [-0.15, -0.1) is 0 Å². The van der Waals surface area contributed by atoms with Crippen molar-refractivity contribution < 1.29 is 9.53 Å². The van der Waals surface area contributed by atoms with E-state index in [0.29, 0.717) is 0 Å². The topological polar surface area (TPSA) is 55.3 Å². The van der Waals surface area contributed by atoms with Gasteiger partial charge in [0.25, 0.3) is 0 Å². The number of hydrogen-bond donors (Lipinski definition) is 0. The van der Waals surface area contributed by atoms with E-state index < -0.39 is 0 Å². The molecule has 1 fully saturated rings. The number of hydrogen-bond acceptors (Lipinski definition) is 5. The van der Waals surface area contributed by atoms with Crippen LogP contribution in [0.3, 0.4) is 0 Å². The van der Waals surface area contributed by atoms with Crippen molar-refractivity contribution in [2.24, 2.45) is 5.92 Å². The molecule has 0 spiro atoms. The minimum absolute atomic E-state index is 0.0174. The zero-order valence-corrected chi connectivity index (χ0v) is 18.0. The molecule has 1 atom stereocenters. The highest BCUT2D eigenvalue weighted by atomic mass is 16.5. The molecule has 5 heteroatoms. The summed E-state index contributed by atoms with van der Waals surface area (Å²) in [4.78, 5) is 24.4. The summed E-state index contributed by atoms with van der Waals surface area (Å²) in [7, 11) is 0. The van der Waals surface area contributed by atoms with Gasteiger partial charge in [0.05, 0.1) is 23.2 Å². The van der Waals surface area contributed by atoms with Crippen molar-refractivity contribution >= 4 is 22.8 Å². The molecule has 1 aromatic heterocycles. The Morgan fingerprint density at radius 3 is 2.57 bits per heavy atom. The molecule has 2 heterocycles. The van der Waals surface area contributed by atoms with E-state index in [1.54, 1.807) is 0 Å². The maximum absolute atomic E-state index is 12.4. The van der Waals surface area contributed by atoms with E-state index in [2.05, 4.69) is 42.2 Å². The molecule has 0 saturated carbocycles. The first-order chi connectivity index (χ1) is 14.5. The van der Waals surface area contributed by atoms with Crippen LogP contribution >= 0.6 is 0 Å². The SMILES string of the molecule is CCC(C)OC(=O)C1CCN(c2nc(-c3ccccc3)c3cc(C)ccc3n2)CC1. The monoisotopic (exact) mass is 403 g/mol. The summed E-state index contributed by atoms with van der Waals surface area (Å²) in [5, 5.41) is 1.07. The predicted octanol–water partition coefficient (Wildman–Crippen LogP) is 5.16. The molecule has 1 aliphatic heterocycles. The van der Waals surface area contributed by atoms with Crippen LogP contribution in [0.2, 0.25) is 0 Å². The molecule has 3 aromatic rings. The molecule has 0 radical (unpaired) electrons. The van der Waals surface area contributed by atoms with E-state index in [1.165, 1.54) is 5.56 Å². The van der Waals surface area contributed by atoms with Gasteiger partial charge in [0, 0.05) is 24.0 Å². The Morgan fingerprint density at radius 1 is 1.13 bits per heavy atom. The van der Waals surface area contributed by atoms with Crippen molar-refractivity contribution in [3.63, 3.8) is 0 Å². The van der Waals surface area contributed by atoms with E-state index in [-0.39, 0.29) is 18.0 Å². The molecule has 0 N–H and O–H groups in total. The number of piperidine rings is 1. The summed E-state index contributed by atoms with van der Waals surface area (Å²) in [6.45, 7) is 7.58. The predicted molar refractivity (Wildman–Crippen MR) is 120 cm³/mol. The molecule has 0 aliphatic carbocycles. The molecule has 1 saturated heterocycles. The van der Waals surface area contributed by atoms with Gasteiger partial charge in [-0.05, 0) is 45.2 Å². The van der Waals surface area contributed by atoms with Crippen molar-refractivity contribution in [1.82, 2.24) is 9.97 Å². The van der Waals surface area contributed by atoms with Crippen LogP contribution in [0.5, 0.6) is 0 Å². The van der Waals surface area contributed by atoms with Crippen molar-refractivity contribution in [3.05, 3.63) is 54.1 Å². The Morgan fingerprint density at radius 2 is 1.87 bits per heavy atom. The summed E-state index contributed by atoms with van der Waals surface area (Å²) < 4.78 is 5.54. The summed E-state index contributed by atoms with van der Waals surface area (Å²) >= 11 is 0.